The van der Waals surface area contributed by atoms with Crippen LogP contribution in [0.15, 0.2) is 0 Å². The number of alkyl halides is 2. The number of halogens is 2. The lowest BCUT2D eigenvalue weighted by molar-refractivity contribution is -0.0195. The van der Waals surface area contributed by atoms with Gasteiger partial charge in [-0.3, -0.25) is 0 Å². The van der Waals surface area contributed by atoms with Crippen molar-refractivity contribution in [3.8, 4) is 0 Å². The Morgan fingerprint density at radius 1 is 1.36 bits per heavy atom. The molecule has 4 heteroatoms. The highest BCUT2D eigenvalue weighted by molar-refractivity contribution is 4.98. The van der Waals surface area contributed by atoms with Gasteiger partial charge in [0.15, 0.2) is 0 Å². The number of rotatable bonds is 0. The Morgan fingerprint density at radius 3 is 2.64 bits per heavy atom. The Bertz CT molecular complexity index is 166. The predicted octanol–water partition coefficient (Wildman–Crippen LogP) is 0.774. The van der Waals surface area contributed by atoms with Crippen LogP contribution in [0.3, 0.4) is 0 Å². The minimum Gasteiger partial charge on any atom is -0.367 e. The first-order valence-electron chi connectivity index (χ1n) is 3.85. The average Bonchev–Trinajstić information content (AvgIpc) is 2.43. The standard InChI is InChI=1S/C7H11F2NO/c8-7(9)3-6(11-5-7)1-2-10-4-6/h10H,1-5H2/t6-/m1/s1. The van der Waals surface area contributed by atoms with Gasteiger partial charge in [-0.05, 0) is 13.0 Å². The Balaban J connectivity index is 2.07. The summed E-state index contributed by atoms with van der Waals surface area (Å²) in [6, 6.07) is 0. The molecular weight excluding hydrogens is 152 g/mol. The Hall–Kier alpha value is -0.220. The molecule has 1 N–H and O–H groups in total. The smallest absolute Gasteiger partial charge is 0.273 e. The van der Waals surface area contributed by atoms with Crippen molar-refractivity contribution >= 4 is 0 Å². The highest BCUT2D eigenvalue weighted by atomic mass is 19.3. The summed E-state index contributed by atoms with van der Waals surface area (Å²) in [6.07, 6.45) is 0.621. The molecule has 1 spiro atoms. The molecule has 0 saturated carbocycles. The van der Waals surface area contributed by atoms with E-state index in [-0.39, 0.29) is 6.42 Å². The number of nitrogens with one attached hydrogen (secondary N) is 1. The molecular formula is C7H11F2NO. The summed E-state index contributed by atoms with van der Waals surface area (Å²) in [5.41, 5.74) is -0.538. The Kier molecular flexibility index (Phi) is 1.44. The van der Waals surface area contributed by atoms with E-state index in [4.69, 9.17) is 4.74 Å². The zero-order chi connectivity index (χ0) is 7.95. The highest BCUT2D eigenvalue weighted by Crippen LogP contribution is 2.40. The Labute approximate surface area is 63.9 Å². The Morgan fingerprint density at radius 2 is 2.18 bits per heavy atom. The van der Waals surface area contributed by atoms with E-state index in [1.807, 2.05) is 0 Å². The van der Waals surface area contributed by atoms with Gasteiger partial charge in [-0.25, -0.2) is 8.78 Å². The van der Waals surface area contributed by atoms with Crippen LogP contribution in [0.25, 0.3) is 0 Å². The number of hydrogen-bond donors (Lipinski definition) is 1. The van der Waals surface area contributed by atoms with Gasteiger partial charge < -0.3 is 10.1 Å². The molecule has 11 heavy (non-hydrogen) atoms. The van der Waals surface area contributed by atoms with E-state index in [1.165, 1.54) is 0 Å². The summed E-state index contributed by atoms with van der Waals surface area (Å²) in [5, 5.41) is 3.03. The van der Waals surface area contributed by atoms with Crippen molar-refractivity contribution in [1.29, 1.82) is 0 Å². The quantitative estimate of drug-likeness (QED) is 0.569. The van der Waals surface area contributed by atoms with Gasteiger partial charge in [-0.2, -0.15) is 0 Å². The van der Waals surface area contributed by atoms with Crippen LogP contribution in [0.2, 0.25) is 0 Å². The predicted molar refractivity (Wildman–Crippen MR) is 35.7 cm³/mol. The van der Waals surface area contributed by atoms with Gasteiger partial charge >= 0.3 is 0 Å². The first kappa shape index (κ1) is 7.43. The van der Waals surface area contributed by atoms with Crippen molar-refractivity contribution in [2.45, 2.75) is 24.4 Å². The molecule has 2 fully saturated rings. The summed E-state index contributed by atoms with van der Waals surface area (Å²) in [7, 11) is 0. The van der Waals surface area contributed by atoms with Crippen molar-refractivity contribution in [3.05, 3.63) is 0 Å². The van der Waals surface area contributed by atoms with Gasteiger partial charge in [0, 0.05) is 13.0 Å². The topological polar surface area (TPSA) is 21.3 Å². The molecule has 0 aromatic carbocycles. The van der Waals surface area contributed by atoms with Crippen LogP contribution in [-0.4, -0.2) is 31.2 Å². The molecule has 1 atom stereocenters. The van der Waals surface area contributed by atoms with E-state index in [9.17, 15) is 8.78 Å². The van der Waals surface area contributed by atoms with E-state index in [2.05, 4.69) is 5.32 Å². The molecule has 2 aliphatic heterocycles. The SMILES string of the molecule is FC1(F)CO[C@]2(CCNC2)C1. The van der Waals surface area contributed by atoms with Crippen LogP contribution < -0.4 is 5.32 Å². The van der Waals surface area contributed by atoms with Crippen LogP contribution in [-0.2, 0) is 4.74 Å². The molecule has 0 bridgehead atoms. The normalized spacial score (nSPS) is 42.0. The molecule has 0 aromatic heterocycles. The van der Waals surface area contributed by atoms with Gasteiger partial charge in [0.25, 0.3) is 5.92 Å². The molecule has 2 nitrogen and oxygen atoms in total. The lowest BCUT2D eigenvalue weighted by Gasteiger charge is -2.19. The molecule has 2 saturated heterocycles. The van der Waals surface area contributed by atoms with Gasteiger partial charge in [0.05, 0.1) is 5.60 Å². The number of ether oxygens (including phenoxy) is 1. The van der Waals surface area contributed by atoms with Crippen molar-refractivity contribution in [3.63, 3.8) is 0 Å². The van der Waals surface area contributed by atoms with Gasteiger partial charge in [0.1, 0.15) is 6.61 Å². The minimum atomic E-state index is -2.59. The molecule has 2 aliphatic rings. The van der Waals surface area contributed by atoms with Gasteiger partial charge in [-0.15, -0.1) is 0 Å². The summed E-state index contributed by atoms with van der Waals surface area (Å²) in [6.45, 7) is 0.993. The molecule has 0 aromatic rings. The fourth-order valence-electron chi connectivity index (χ4n) is 1.83. The second-order valence-electron chi connectivity index (χ2n) is 3.43. The molecule has 0 aliphatic carbocycles. The average molecular weight is 163 g/mol. The van der Waals surface area contributed by atoms with E-state index < -0.39 is 18.1 Å². The van der Waals surface area contributed by atoms with E-state index in [1.54, 1.807) is 0 Å². The lowest BCUT2D eigenvalue weighted by atomic mass is 9.98. The molecule has 0 amide bonds. The van der Waals surface area contributed by atoms with Crippen molar-refractivity contribution in [2.75, 3.05) is 19.7 Å². The first-order chi connectivity index (χ1) is 5.12. The molecule has 0 radical (unpaired) electrons. The van der Waals surface area contributed by atoms with Crippen LogP contribution in [0.1, 0.15) is 12.8 Å². The van der Waals surface area contributed by atoms with E-state index in [0.29, 0.717) is 6.54 Å². The maximum atomic E-state index is 12.7. The molecule has 0 unspecified atom stereocenters. The second-order valence-corrected chi connectivity index (χ2v) is 3.43. The maximum absolute atomic E-state index is 12.7. The largest absolute Gasteiger partial charge is 0.367 e. The third kappa shape index (κ3) is 1.25. The zero-order valence-corrected chi connectivity index (χ0v) is 6.20. The van der Waals surface area contributed by atoms with Crippen LogP contribution >= 0.6 is 0 Å². The summed E-state index contributed by atoms with van der Waals surface area (Å²) >= 11 is 0. The zero-order valence-electron chi connectivity index (χ0n) is 6.20. The molecule has 64 valence electrons. The summed E-state index contributed by atoms with van der Waals surface area (Å²) in [4.78, 5) is 0. The van der Waals surface area contributed by atoms with E-state index >= 15 is 0 Å². The number of hydrogen-bond acceptors (Lipinski definition) is 2. The second kappa shape index (κ2) is 2.14. The van der Waals surface area contributed by atoms with Crippen molar-refractivity contribution in [2.24, 2.45) is 0 Å². The van der Waals surface area contributed by atoms with Crippen LogP contribution in [0.4, 0.5) is 8.78 Å². The highest BCUT2D eigenvalue weighted by Gasteiger charge is 2.51. The maximum Gasteiger partial charge on any atom is 0.273 e. The van der Waals surface area contributed by atoms with E-state index in [0.717, 1.165) is 13.0 Å². The van der Waals surface area contributed by atoms with Crippen LogP contribution in [0, 0.1) is 0 Å². The lowest BCUT2D eigenvalue weighted by Crippen LogP contribution is -2.31. The van der Waals surface area contributed by atoms with Crippen molar-refractivity contribution < 1.29 is 13.5 Å². The van der Waals surface area contributed by atoms with Crippen LogP contribution in [0.5, 0.6) is 0 Å². The third-order valence-corrected chi connectivity index (χ3v) is 2.37. The third-order valence-electron chi connectivity index (χ3n) is 2.37. The van der Waals surface area contributed by atoms with Crippen molar-refractivity contribution in [1.82, 2.24) is 5.32 Å². The monoisotopic (exact) mass is 163 g/mol. The molecule has 2 rings (SSSR count). The van der Waals surface area contributed by atoms with Gasteiger partial charge in [-0.1, -0.05) is 0 Å². The fourth-order valence-corrected chi connectivity index (χ4v) is 1.83. The van der Waals surface area contributed by atoms with Gasteiger partial charge in [0.2, 0.25) is 0 Å². The fraction of sp³-hybridized carbons (Fsp3) is 1.00. The molecule has 2 heterocycles. The summed E-state index contributed by atoms with van der Waals surface area (Å²) in [5.74, 6) is -2.59. The summed E-state index contributed by atoms with van der Waals surface area (Å²) < 4.78 is 30.5. The minimum absolute atomic E-state index is 0.104. The first-order valence-corrected chi connectivity index (χ1v) is 3.85.